The summed E-state index contributed by atoms with van der Waals surface area (Å²) >= 11 is 0. The van der Waals surface area contributed by atoms with Crippen LogP contribution in [0.2, 0.25) is 0 Å². The van der Waals surface area contributed by atoms with Gasteiger partial charge in [-0.05, 0) is 68.1 Å². The van der Waals surface area contributed by atoms with E-state index in [-0.39, 0.29) is 11.9 Å². The fraction of sp³-hybridized carbons (Fsp3) is 0.333. The molecule has 6 heteroatoms. The molecule has 0 saturated carbocycles. The second-order valence-corrected chi connectivity index (χ2v) is 6.56. The van der Waals surface area contributed by atoms with Crippen LogP contribution in [0.25, 0.3) is 6.08 Å². The van der Waals surface area contributed by atoms with Crippen LogP contribution in [0.5, 0.6) is 5.75 Å². The number of amides is 1. The molecule has 2 rings (SSSR count). The molecular weight excluding hydrogens is 380 g/mol. The van der Waals surface area contributed by atoms with Crippen molar-refractivity contribution in [2.45, 2.75) is 20.8 Å². The molecule has 160 valence electrons. The number of benzene rings is 2. The number of likely N-dealkylation sites (N-methyl/N-ethyl adjacent to an activating group) is 1. The number of carbonyl (C=O) groups excluding carboxylic acids is 2. The number of hydrogen-bond donors (Lipinski definition) is 1. The Balaban J connectivity index is 1.82. The zero-order valence-electron chi connectivity index (χ0n) is 17.9. The lowest BCUT2D eigenvalue weighted by molar-refractivity contribution is -0.111. The average Bonchev–Trinajstić information content (AvgIpc) is 2.77. The molecule has 2 aromatic carbocycles. The van der Waals surface area contributed by atoms with Gasteiger partial charge in [0.2, 0.25) is 5.91 Å². The lowest BCUT2D eigenvalue weighted by atomic mass is 10.2. The van der Waals surface area contributed by atoms with Crippen molar-refractivity contribution in [2.75, 3.05) is 38.2 Å². The Kier molecular flexibility index (Phi) is 9.61. The molecule has 30 heavy (non-hydrogen) atoms. The van der Waals surface area contributed by atoms with Crippen molar-refractivity contribution in [2.24, 2.45) is 0 Å². The van der Waals surface area contributed by atoms with Crippen LogP contribution < -0.4 is 10.1 Å². The van der Waals surface area contributed by atoms with E-state index in [0.29, 0.717) is 31.0 Å². The molecule has 0 heterocycles. The van der Waals surface area contributed by atoms with Crippen LogP contribution in [0.15, 0.2) is 54.6 Å². The van der Waals surface area contributed by atoms with Crippen molar-refractivity contribution >= 4 is 23.6 Å². The molecule has 0 aliphatic heterocycles. The van der Waals surface area contributed by atoms with Gasteiger partial charge in [0.1, 0.15) is 12.4 Å². The second kappa shape index (κ2) is 12.4. The Morgan fingerprint density at radius 2 is 1.63 bits per heavy atom. The molecule has 0 unspecified atom stereocenters. The topological polar surface area (TPSA) is 67.9 Å². The first-order chi connectivity index (χ1) is 14.5. The molecule has 0 spiro atoms. The van der Waals surface area contributed by atoms with Crippen molar-refractivity contribution in [3.8, 4) is 5.75 Å². The predicted molar refractivity (Wildman–Crippen MR) is 120 cm³/mol. The number of hydrogen-bond acceptors (Lipinski definition) is 5. The summed E-state index contributed by atoms with van der Waals surface area (Å²) in [6.07, 6.45) is 3.19. The normalized spacial score (nSPS) is 10.9. The third-order valence-corrected chi connectivity index (χ3v) is 4.54. The van der Waals surface area contributed by atoms with Crippen molar-refractivity contribution in [1.82, 2.24) is 4.90 Å². The van der Waals surface area contributed by atoms with Gasteiger partial charge in [-0.15, -0.1) is 0 Å². The number of ether oxygens (including phenoxy) is 2. The first-order valence-corrected chi connectivity index (χ1v) is 10.3. The number of anilines is 1. The molecule has 0 radical (unpaired) electrons. The summed E-state index contributed by atoms with van der Waals surface area (Å²) in [5.41, 5.74) is 1.96. The Labute approximate surface area is 178 Å². The van der Waals surface area contributed by atoms with Crippen molar-refractivity contribution < 1.29 is 19.1 Å². The lowest BCUT2D eigenvalue weighted by Crippen LogP contribution is -2.27. The number of nitrogens with zero attached hydrogens (tertiary/aromatic N) is 1. The monoisotopic (exact) mass is 410 g/mol. The van der Waals surface area contributed by atoms with E-state index in [0.717, 1.165) is 24.4 Å². The van der Waals surface area contributed by atoms with E-state index in [1.165, 1.54) is 6.08 Å². The highest BCUT2D eigenvalue weighted by Gasteiger charge is 2.08. The van der Waals surface area contributed by atoms with Gasteiger partial charge in [0.25, 0.3) is 0 Å². The van der Waals surface area contributed by atoms with E-state index in [1.807, 2.05) is 31.2 Å². The van der Waals surface area contributed by atoms with Crippen molar-refractivity contribution in [3.05, 3.63) is 65.7 Å². The lowest BCUT2D eigenvalue weighted by Gasteiger charge is -2.17. The smallest absolute Gasteiger partial charge is 0.338 e. The molecule has 0 bridgehead atoms. The van der Waals surface area contributed by atoms with Crippen LogP contribution in [-0.4, -0.2) is 49.6 Å². The highest BCUT2D eigenvalue weighted by molar-refractivity contribution is 6.02. The van der Waals surface area contributed by atoms with Gasteiger partial charge in [0.05, 0.1) is 12.2 Å². The van der Waals surface area contributed by atoms with E-state index in [1.54, 1.807) is 30.3 Å². The SMILES string of the molecule is CCOc1ccc(/C=C/C(=O)Nc2ccc(C(=O)OCCN(CC)CC)cc2)cc1. The van der Waals surface area contributed by atoms with E-state index in [4.69, 9.17) is 9.47 Å². The molecule has 0 fully saturated rings. The number of esters is 1. The quantitative estimate of drug-likeness (QED) is 0.443. The Morgan fingerprint density at radius 3 is 2.23 bits per heavy atom. The molecule has 2 aromatic rings. The van der Waals surface area contributed by atoms with Crippen LogP contribution in [-0.2, 0) is 9.53 Å². The summed E-state index contributed by atoms with van der Waals surface area (Å²) < 4.78 is 10.7. The third-order valence-electron chi connectivity index (χ3n) is 4.54. The zero-order valence-corrected chi connectivity index (χ0v) is 17.9. The maximum absolute atomic E-state index is 12.1. The zero-order chi connectivity index (χ0) is 21.8. The van der Waals surface area contributed by atoms with Gasteiger partial charge >= 0.3 is 5.97 Å². The largest absolute Gasteiger partial charge is 0.494 e. The molecule has 0 aliphatic rings. The Hall–Kier alpha value is -3.12. The van der Waals surface area contributed by atoms with Crippen LogP contribution in [0.4, 0.5) is 5.69 Å². The van der Waals surface area contributed by atoms with Gasteiger partial charge < -0.3 is 19.7 Å². The minimum absolute atomic E-state index is 0.251. The molecular formula is C24H30N2O4. The summed E-state index contributed by atoms with van der Waals surface area (Å²) in [5.74, 6) is 0.180. The maximum Gasteiger partial charge on any atom is 0.338 e. The summed E-state index contributed by atoms with van der Waals surface area (Å²) in [4.78, 5) is 26.4. The summed E-state index contributed by atoms with van der Waals surface area (Å²) in [5, 5.41) is 2.77. The van der Waals surface area contributed by atoms with Gasteiger partial charge in [-0.3, -0.25) is 4.79 Å². The van der Waals surface area contributed by atoms with Crippen LogP contribution in [0, 0.1) is 0 Å². The van der Waals surface area contributed by atoms with E-state index < -0.39 is 0 Å². The second-order valence-electron chi connectivity index (χ2n) is 6.56. The van der Waals surface area contributed by atoms with Crippen LogP contribution in [0.1, 0.15) is 36.7 Å². The number of carbonyl (C=O) groups is 2. The van der Waals surface area contributed by atoms with Crippen LogP contribution >= 0.6 is 0 Å². The van der Waals surface area contributed by atoms with Gasteiger partial charge in [0.15, 0.2) is 0 Å². The van der Waals surface area contributed by atoms with E-state index in [9.17, 15) is 9.59 Å². The Bertz CT molecular complexity index is 825. The van der Waals surface area contributed by atoms with Gasteiger partial charge in [-0.2, -0.15) is 0 Å². The summed E-state index contributed by atoms with van der Waals surface area (Å²) in [6.45, 7) is 9.62. The molecule has 1 amide bonds. The molecule has 0 atom stereocenters. The summed E-state index contributed by atoms with van der Waals surface area (Å²) in [6, 6.07) is 14.1. The third kappa shape index (κ3) is 7.72. The average molecular weight is 411 g/mol. The van der Waals surface area contributed by atoms with E-state index in [2.05, 4.69) is 24.1 Å². The van der Waals surface area contributed by atoms with Gasteiger partial charge in [-0.25, -0.2) is 4.79 Å². The standard InChI is InChI=1S/C24H30N2O4/c1-4-26(5-2)17-18-30-24(28)20-10-12-21(13-11-20)25-23(27)16-9-19-7-14-22(15-8-19)29-6-3/h7-16H,4-6,17-18H2,1-3H3,(H,25,27)/b16-9+. The highest BCUT2D eigenvalue weighted by atomic mass is 16.5. The summed E-state index contributed by atoms with van der Waals surface area (Å²) in [7, 11) is 0. The first-order valence-electron chi connectivity index (χ1n) is 10.3. The minimum atomic E-state index is -0.365. The fourth-order valence-electron chi connectivity index (χ4n) is 2.78. The van der Waals surface area contributed by atoms with E-state index >= 15 is 0 Å². The van der Waals surface area contributed by atoms with Crippen molar-refractivity contribution in [3.63, 3.8) is 0 Å². The number of rotatable bonds is 11. The fourth-order valence-corrected chi connectivity index (χ4v) is 2.78. The maximum atomic E-state index is 12.1. The predicted octanol–water partition coefficient (Wildman–Crippen LogP) is 4.24. The van der Waals surface area contributed by atoms with Gasteiger partial charge in [-0.1, -0.05) is 26.0 Å². The molecule has 6 nitrogen and oxygen atoms in total. The molecule has 0 saturated heterocycles. The molecule has 0 aromatic heterocycles. The number of nitrogens with one attached hydrogen (secondary N) is 1. The molecule has 1 N–H and O–H groups in total. The molecule has 0 aliphatic carbocycles. The van der Waals surface area contributed by atoms with Crippen LogP contribution in [0.3, 0.4) is 0 Å². The highest BCUT2D eigenvalue weighted by Crippen LogP contribution is 2.14. The first kappa shape index (κ1) is 23.2. The van der Waals surface area contributed by atoms with Gasteiger partial charge in [0, 0.05) is 18.3 Å². The minimum Gasteiger partial charge on any atom is -0.494 e. The van der Waals surface area contributed by atoms with Crippen molar-refractivity contribution in [1.29, 1.82) is 0 Å². The Morgan fingerprint density at radius 1 is 0.967 bits per heavy atom.